The van der Waals surface area contributed by atoms with Crippen LogP contribution >= 0.6 is 0 Å². The Kier molecular flexibility index (Phi) is 10.2. The maximum atomic E-state index is 8.59. The molecule has 0 rings (SSSR count). The topological polar surface area (TPSA) is 161 Å². The summed E-state index contributed by atoms with van der Waals surface area (Å²) in [6.45, 7) is 0. The van der Waals surface area contributed by atoms with E-state index in [1.54, 1.807) is 0 Å². The fraction of sp³-hybridized carbons (Fsp3) is 0. The van der Waals surface area contributed by atoms with E-state index >= 15 is 0 Å². The third-order valence-electron chi connectivity index (χ3n) is 0. The Morgan fingerprint density at radius 2 is 0.636 bits per heavy atom. The van der Waals surface area contributed by atoms with E-state index in [1.165, 1.54) is 0 Å². The van der Waals surface area contributed by atoms with Gasteiger partial charge in [-0.1, -0.05) is 0 Å². The summed E-state index contributed by atoms with van der Waals surface area (Å²) in [5, 5.41) is 0. The van der Waals surface area contributed by atoms with E-state index in [0.717, 1.165) is 0 Å². The molecule has 0 aliphatic carbocycles. The second-order valence-electron chi connectivity index (χ2n) is 0.816. The predicted molar refractivity (Wildman–Crippen MR) is 2.75 cm³/mol. The molecule has 0 radical (unpaired) electrons. The van der Waals surface area contributed by atoms with Crippen LogP contribution in [0.5, 0.6) is 0 Å². The maximum Gasteiger partial charge on any atom is 4.00 e. The van der Waals surface area contributed by atoms with Crippen LogP contribution in [0.4, 0.5) is 0 Å². The third kappa shape index (κ3) is 1330. The van der Waals surface area contributed by atoms with Crippen LogP contribution in [0.2, 0.25) is 0 Å². The van der Waals surface area contributed by atoms with Crippen molar-refractivity contribution in [2.45, 2.75) is 0 Å². The molecule has 11 heavy (non-hydrogen) atoms. The van der Waals surface area contributed by atoms with Crippen LogP contribution < -0.4 is 16.6 Å². The smallest absolute Gasteiger partial charge is 4.00 e. The minimum atomic E-state index is -5.75. The minimum absolute atomic E-state index is 0. The zero-order valence-electron chi connectivity index (χ0n) is 4.40. The van der Waals surface area contributed by atoms with Crippen LogP contribution in [-0.4, -0.2) is 0 Å². The minimum Gasteiger partial charge on any atom is 4.00 e. The average molecular weight is 427 g/mol. The van der Waals surface area contributed by atoms with Crippen LogP contribution in [0.15, 0.2) is 0 Å². The molecule has 0 aromatic rings. The zero-order chi connectivity index (χ0) is 9.00. The van der Waals surface area contributed by atoms with Gasteiger partial charge in [-0.15, -0.1) is 0 Å². The average Bonchev–Trinajstić information content (AvgIpc) is 1.12. The Morgan fingerprint density at radius 1 is 0.636 bits per heavy atom. The van der Waals surface area contributed by atoms with Gasteiger partial charge < -0.3 is 0 Å². The summed E-state index contributed by atoms with van der Waals surface area (Å²) in [6, 6.07) is 0. The van der Waals surface area contributed by atoms with Crippen LogP contribution in [0.1, 0.15) is 0 Å². The van der Waals surface area contributed by atoms with Gasteiger partial charge in [0.05, 0.1) is 0 Å². The Labute approximate surface area is 79.9 Å². The van der Waals surface area contributed by atoms with E-state index in [1.807, 2.05) is 0 Å². The quantitative estimate of drug-likeness (QED) is 0.371. The van der Waals surface area contributed by atoms with E-state index in [9.17, 15) is 0 Å². The molecule has 0 saturated carbocycles. The van der Waals surface area contributed by atoms with Crippen LogP contribution in [0.3, 0.4) is 0 Å². The van der Waals surface area contributed by atoms with Gasteiger partial charge in [-0.2, -0.15) is 0 Å². The standard InChI is InChI=1S/2Cr.8O.Pt/q;;;;;;4*-1;+4. The normalized spacial score (nSPS) is 10.5. The van der Waals surface area contributed by atoms with E-state index in [-0.39, 0.29) is 21.1 Å². The Balaban J connectivity index is -0.000000107. The summed E-state index contributed by atoms with van der Waals surface area (Å²) in [6.07, 6.45) is 0. The van der Waals surface area contributed by atoms with Crippen molar-refractivity contribution in [2.75, 3.05) is 0 Å². The molecule has 70 valence electrons. The van der Waals surface area contributed by atoms with Crippen LogP contribution in [0, 0.1) is 0 Å². The molecule has 0 aromatic heterocycles. The summed E-state index contributed by atoms with van der Waals surface area (Å²) < 4.78 is 68.8. The molecule has 0 aromatic carbocycles. The molecule has 0 aliphatic heterocycles. The van der Waals surface area contributed by atoms with Crippen molar-refractivity contribution >= 4 is 0 Å². The van der Waals surface area contributed by atoms with Crippen LogP contribution in [-0.2, 0) is 63.5 Å². The molecule has 0 unspecified atom stereocenters. The first-order valence-corrected chi connectivity index (χ1v) is 5.50. The van der Waals surface area contributed by atoms with Gasteiger partial charge in [0.2, 0.25) is 0 Å². The first kappa shape index (κ1) is 17.8. The van der Waals surface area contributed by atoms with E-state index in [2.05, 4.69) is 0 Å². The van der Waals surface area contributed by atoms with Crippen LogP contribution in [0.25, 0.3) is 0 Å². The fourth-order valence-corrected chi connectivity index (χ4v) is 0. The maximum absolute atomic E-state index is 8.59. The molecule has 0 atom stereocenters. The molecule has 0 spiro atoms. The van der Waals surface area contributed by atoms with Crippen molar-refractivity contribution in [3.63, 3.8) is 0 Å². The first-order chi connectivity index (χ1) is 4.00. The van der Waals surface area contributed by atoms with Crippen molar-refractivity contribution in [3.05, 3.63) is 0 Å². The molecule has 0 aliphatic rings. The molecular weight excluding hydrogens is 427 g/mol. The van der Waals surface area contributed by atoms with Gasteiger partial charge in [0.15, 0.2) is 0 Å². The molecule has 0 amide bonds. The monoisotopic (exact) mass is 427 g/mol. The summed E-state index contributed by atoms with van der Waals surface area (Å²) in [5.74, 6) is 0. The summed E-state index contributed by atoms with van der Waals surface area (Å²) in [5.41, 5.74) is 0. The fourth-order valence-electron chi connectivity index (χ4n) is 0. The number of hydrogen-bond donors (Lipinski definition) is 0. The van der Waals surface area contributed by atoms with E-state index in [4.69, 9.17) is 31.8 Å². The first-order valence-electron chi connectivity index (χ1n) is 1.33. The molecule has 0 fully saturated rings. The number of rotatable bonds is 0. The summed E-state index contributed by atoms with van der Waals surface area (Å²) in [7, 11) is 0. The van der Waals surface area contributed by atoms with Gasteiger partial charge in [-0.3, -0.25) is 0 Å². The second-order valence-corrected chi connectivity index (χ2v) is 3.37. The van der Waals surface area contributed by atoms with Crippen molar-refractivity contribution in [2.24, 2.45) is 0 Å². The van der Waals surface area contributed by atoms with Gasteiger partial charge in [-0.05, 0) is 0 Å². The molecule has 0 saturated heterocycles. The summed E-state index contributed by atoms with van der Waals surface area (Å²) >= 11 is -11.5. The van der Waals surface area contributed by atoms with Gasteiger partial charge in [0, 0.05) is 0 Å². The van der Waals surface area contributed by atoms with Gasteiger partial charge in [0.1, 0.15) is 0 Å². The van der Waals surface area contributed by atoms with Crippen molar-refractivity contribution in [1.29, 1.82) is 0 Å². The van der Waals surface area contributed by atoms with E-state index in [0.29, 0.717) is 0 Å². The van der Waals surface area contributed by atoms with Crippen molar-refractivity contribution < 1.29 is 80.1 Å². The molecular formula is Cr2O8Pt. The molecule has 0 heterocycles. The van der Waals surface area contributed by atoms with Gasteiger partial charge in [-0.25, -0.2) is 0 Å². The van der Waals surface area contributed by atoms with Gasteiger partial charge >= 0.3 is 80.1 Å². The third-order valence-corrected chi connectivity index (χ3v) is 0. The largest absolute Gasteiger partial charge is 4.00 e. The Hall–Kier alpha value is 0.793. The number of hydrogen-bond acceptors (Lipinski definition) is 8. The molecule has 8 nitrogen and oxygen atoms in total. The SMILES string of the molecule is [O]=[Cr](=[O])([O-])[O-].[O]=[Cr](=[O])([O-])[O-].[Pt+4]. The van der Waals surface area contributed by atoms with Gasteiger partial charge in [0.25, 0.3) is 0 Å². The Bertz CT molecular complexity index is 208. The second kappa shape index (κ2) is 6.32. The van der Waals surface area contributed by atoms with E-state index < -0.39 is 27.2 Å². The Morgan fingerprint density at radius 3 is 0.636 bits per heavy atom. The van der Waals surface area contributed by atoms with Crippen molar-refractivity contribution in [1.82, 2.24) is 0 Å². The molecule has 11 heteroatoms. The molecule has 0 bridgehead atoms. The summed E-state index contributed by atoms with van der Waals surface area (Å²) in [4.78, 5) is 0. The predicted octanol–water partition coefficient (Wildman–Crippen LogP) is -5.24. The molecule has 0 N–H and O–H groups in total. The zero-order valence-corrected chi connectivity index (χ0v) is 9.22. The van der Waals surface area contributed by atoms with Crippen molar-refractivity contribution in [3.8, 4) is 0 Å².